The van der Waals surface area contributed by atoms with Crippen LogP contribution in [-0.4, -0.2) is 102 Å². The fraction of sp³-hybridized carbons (Fsp3) is 1.00. The standard InChI is InChI=1S/C18H40N4O2/c1-4-19-5-13-23-15-11-21-7-9-22(10-8-21)12-16-24-14-6-20-17-18(2)3/h18-20H,4-17H2,1-3H3. The lowest BCUT2D eigenvalue weighted by Crippen LogP contribution is -2.48. The van der Waals surface area contributed by atoms with E-state index in [2.05, 4.69) is 41.2 Å². The first-order valence-corrected chi connectivity index (χ1v) is 9.74. The molecule has 0 aromatic heterocycles. The second-order valence-corrected chi connectivity index (χ2v) is 6.86. The molecule has 0 aromatic rings. The molecule has 0 aliphatic carbocycles. The van der Waals surface area contributed by atoms with Crippen LogP contribution >= 0.6 is 0 Å². The van der Waals surface area contributed by atoms with Crippen molar-refractivity contribution in [2.45, 2.75) is 20.8 Å². The van der Waals surface area contributed by atoms with Gasteiger partial charge in [-0.25, -0.2) is 0 Å². The highest BCUT2D eigenvalue weighted by molar-refractivity contribution is 4.71. The summed E-state index contributed by atoms with van der Waals surface area (Å²) in [5, 5.41) is 6.68. The molecule has 0 atom stereocenters. The Morgan fingerprint density at radius 3 is 1.75 bits per heavy atom. The van der Waals surface area contributed by atoms with E-state index in [1.54, 1.807) is 0 Å². The van der Waals surface area contributed by atoms with Crippen molar-refractivity contribution in [3.63, 3.8) is 0 Å². The van der Waals surface area contributed by atoms with Crippen LogP contribution < -0.4 is 10.6 Å². The first kappa shape index (κ1) is 21.8. The molecular formula is C18H40N4O2. The van der Waals surface area contributed by atoms with Gasteiger partial charge < -0.3 is 20.1 Å². The molecule has 0 amide bonds. The van der Waals surface area contributed by atoms with Crippen LogP contribution in [0, 0.1) is 5.92 Å². The highest BCUT2D eigenvalue weighted by atomic mass is 16.5. The zero-order valence-corrected chi connectivity index (χ0v) is 16.2. The van der Waals surface area contributed by atoms with Crippen LogP contribution in [0.4, 0.5) is 0 Å². The molecular weight excluding hydrogens is 304 g/mol. The SMILES string of the molecule is CCNCCOCCN1CCN(CCOCCNCC(C)C)CC1. The van der Waals surface area contributed by atoms with Gasteiger partial charge in [0.05, 0.1) is 26.4 Å². The Kier molecular flexibility index (Phi) is 13.7. The van der Waals surface area contributed by atoms with Crippen LogP contribution in [-0.2, 0) is 9.47 Å². The molecule has 144 valence electrons. The highest BCUT2D eigenvalue weighted by Gasteiger charge is 2.15. The van der Waals surface area contributed by atoms with Crippen molar-refractivity contribution in [1.29, 1.82) is 0 Å². The molecule has 24 heavy (non-hydrogen) atoms. The summed E-state index contributed by atoms with van der Waals surface area (Å²) >= 11 is 0. The quantitative estimate of drug-likeness (QED) is 0.422. The average molecular weight is 345 g/mol. The molecule has 1 heterocycles. The van der Waals surface area contributed by atoms with Crippen LogP contribution in [0.2, 0.25) is 0 Å². The lowest BCUT2D eigenvalue weighted by molar-refractivity contribution is 0.0578. The van der Waals surface area contributed by atoms with E-state index in [1.165, 1.54) is 0 Å². The van der Waals surface area contributed by atoms with Crippen molar-refractivity contribution in [1.82, 2.24) is 20.4 Å². The van der Waals surface area contributed by atoms with Gasteiger partial charge in [-0.05, 0) is 19.0 Å². The van der Waals surface area contributed by atoms with Crippen molar-refractivity contribution in [2.75, 3.05) is 91.9 Å². The molecule has 0 radical (unpaired) electrons. The largest absolute Gasteiger partial charge is 0.379 e. The molecule has 0 aromatic carbocycles. The van der Waals surface area contributed by atoms with Crippen molar-refractivity contribution < 1.29 is 9.47 Å². The number of nitrogens with zero attached hydrogens (tertiary/aromatic N) is 2. The number of rotatable bonds is 15. The van der Waals surface area contributed by atoms with Crippen LogP contribution in [0.25, 0.3) is 0 Å². The molecule has 1 fully saturated rings. The smallest absolute Gasteiger partial charge is 0.0594 e. The number of hydrogen-bond acceptors (Lipinski definition) is 6. The number of hydrogen-bond donors (Lipinski definition) is 2. The summed E-state index contributed by atoms with van der Waals surface area (Å²) in [5.74, 6) is 0.708. The third-order valence-corrected chi connectivity index (χ3v) is 4.22. The Morgan fingerprint density at radius 2 is 1.29 bits per heavy atom. The normalized spacial score (nSPS) is 17.0. The van der Waals surface area contributed by atoms with Gasteiger partial charge in [0.2, 0.25) is 0 Å². The first-order valence-electron chi connectivity index (χ1n) is 9.74. The van der Waals surface area contributed by atoms with Crippen LogP contribution in [0.15, 0.2) is 0 Å². The Bertz CT molecular complexity index is 272. The van der Waals surface area contributed by atoms with Crippen molar-refractivity contribution in [2.24, 2.45) is 5.92 Å². The Balaban J connectivity index is 1.87. The van der Waals surface area contributed by atoms with Gasteiger partial charge >= 0.3 is 0 Å². The first-order chi connectivity index (χ1) is 11.7. The van der Waals surface area contributed by atoms with Gasteiger partial charge in [0.15, 0.2) is 0 Å². The van der Waals surface area contributed by atoms with Gasteiger partial charge in [-0.15, -0.1) is 0 Å². The lowest BCUT2D eigenvalue weighted by atomic mass is 10.2. The van der Waals surface area contributed by atoms with E-state index in [0.717, 1.165) is 91.9 Å². The zero-order valence-electron chi connectivity index (χ0n) is 16.2. The summed E-state index contributed by atoms with van der Waals surface area (Å²) in [6.45, 7) is 20.6. The van der Waals surface area contributed by atoms with Crippen molar-refractivity contribution >= 4 is 0 Å². The Morgan fingerprint density at radius 1 is 0.792 bits per heavy atom. The third-order valence-electron chi connectivity index (χ3n) is 4.22. The van der Waals surface area contributed by atoms with Gasteiger partial charge in [0.1, 0.15) is 0 Å². The second-order valence-electron chi connectivity index (χ2n) is 6.86. The number of nitrogens with one attached hydrogen (secondary N) is 2. The number of ether oxygens (including phenoxy) is 2. The predicted molar refractivity (Wildman–Crippen MR) is 101 cm³/mol. The van der Waals surface area contributed by atoms with Crippen molar-refractivity contribution in [3.8, 4) is 0 Å². The summed E-state index contributed by atoms with van der Waals surface area (Å²) in [6.07, 6.45) is 0. The molecule has 1 saturated heterocycles. The maximum atomic E-state index is 5.71. The van der Waals surface area contributed by atoms with Crippen LogP contribution in [0.1, 0.15) is 20.8 Å². The van der Waals surface area contributed by atoms with Gasteiger partial charge in [-0.2, -0.15) is 0 Å². The van der Waals surface area contributed by atoms with E-state index in [4.69, 9.17) is 9.47 Å². The fourth-order valence-corrected chi connectivity index (χ4v) is 2.68. The molecule has 0 bridgehead atoms. The van der Waals surface area contributed by atoms with Gasteiger partial charge in [0, 0.05) is 52.4 Å². The molecule has 0 spiro atoms. The third kappa shape index (κ3) is 12.2. The summed E-state index contributed by atoms with van der Waals surface area (Å²) in [6, 6.07) is 0. The van der Waals surface area contributed by atoms with E-state index < -0.39 is 0 Å². The summed E-state index contributed by atoms with van der Waals surface area (Å²) in [4.78, 5) is 5.00. The van der Waals surface area contributed by atoms with E-state index >= 15 is 0 Å². The molecule has 0 saturated carbocycles. The van der Waals surface area contributed by atoms with E-state index in [-0.39, 0.29) is 0 Å². The molecule has 2 N–H and O–H groups in total. The molecule has 6 heteroatoms. The monoisotopic (exact) mass is 344 g/mol. The Labute approximate surface area is 149 Å². The maximum absolute atomic E-state index is 5.71. The summed E-state index contributed by atoms with van der Waals surface area (Å²) < 4.78 is 11.4. The minimum absolute atomic E-state index is 0.708. The number of piperazine rings is 1. The summed E-state index contributed by atoms with van der Waals surface area (Å²) in [5.41, 5.74) is 0. The topological polar surface area (TPSA) is 49.0 Å². The average Bonchev–Trinajstić information content (AvgIpc) is 2.58. The minimum atomic E-state index is 0.708. The maximum Gasteiger partial charge on any atom is 0.0594 e. The van der Waals surface area contributed by atoms with E-state index in [1.807, 2.05) is 0 Å². The zero-order chi connectivity index (χ0) is 17.5. The van der Waals surface area contributed by atoms with Gasteiger partial charge in [-0.3, -0.25) is 9.80 Å². The molecule has 6 nitrogen and oxygen atoms in total. The molecule has 0 unspecified atom stereocenters. The summed E-state index contributed by atoms with van der Waals surface area (Å²) in [7, 11) is 0. The van der Waals surface area contributed by atoms with Gasteiger partial charge in [0.25, 0.3) is 0 Å². The fourth-order valence-electron chi connectivity index (χ4n) is 2.68. The molecule has 1 aliphatic heterocycles. The van der Waals surface area contributed by atoms with E-state index in [9.17, 15) is 0 Å². The van der Waals surface area contributed by atoms with Gasteiger partial charge in [-0.1, -0.05) is 20.8 Å². The minimum Gasteiger partial charge on any atom is -0.379 e. The van der Waals surface area contributed by atoms with Crippen LogP contribution in [0.5, 0.6) is 0 Å². The lowest BCUT2D eigenvalue weighted by Gasteiger charge is -2.34. The van der Waals surface area contributed by atoms with Crippen molar-refractivity contribution in [3.05, 3.63) is 0 Å². The predicted octanol–water partition coefficient (Wildman–Crippen LogP) is 0.492. The van der Waals surface area contributed by atoms with E-state index in [0.29, 0.717) is 5.92 Å². The highest BCUT2D eigenvalue weighted by Crippen LogP contribution is 2.01. The van der Waals surface area contributed by atoms with Crippen LogP contribution in [0.3, 0.4) is 0 Å². The molecule has 1 rings (SSSR count). The molecule has 1 aliphatic rings. The number of likely N-dealkylation sites (N-methyl/N-ethyl adjacent to an activating group) is 1. The second kappa shape index (κ2) is 15.0. The Hall–Kier alpha value is -0.240.